The number of hydrogen-bond donors (Lipinski definition) is 1. The van der Waals surface area contributed by atoms with E-state index in [1.807, 2.05) is 11.0 Å². The smallest absolute Gasteiger partial charge is 0.407 e. The van der Waals surface area contributed by atoms with Crippen LogP contribution in [0, 0.1) is 23.5 Å². The third kappa shape index (κ3) is 8.45. The number of likely N-dealkylation sites (tertiary alicyclic amines) is 2. The topological polar surface area (TPSA) is 121 Å². The molecule has 4 atom stereocenters. The Balaban J connectivity index is 1.03. The van der Waals surface area contributed by atoms with Crippen molar-refractivity contribution in [2.75, 3.05) is 97.8 Å². The van der Waals surface area contributed by atoms with E-state index in [1.54, 1.807) is 13.2 Å². The maximum atomic E-state index is 15.7. The van der Waals surface area contributed by atoms with Crippen LogP contribution in [0.3, 0.4) is 0 Å². The second kappa shape index (κ2) is 17.3. The van der Waals surface area contributed by atoms with Gasteiger partial charge in [0.1, 0.15) is 22.5 Å². The number of benzene rings is 2. The second-order valence-electron chi connectivity index (χ2n) is 16.6. The van der Waals surface area contributed by atoms with E-state index in [-0.39, 0.29) is 66.2 Å². The molecule has 312 valence electrons. The van der Waals surface area contributed by atoms with Crippen LogP contribution in [0.15, 0.2) is 60.0 Å². The van der Waals surface area contributed by atoms with Crippen molar-refractivity contribution in [3.05, 3.63) is 72.3 Å². The van der Waals surface area contributed by atoms with E-state index in [0.717, 1.165) is 89.0 Å². The van der Waals surface area contributed by atoms with Crippen LogP contribution in [0.2, 0.25) is 0 Å². The molecule has 0 bridgehead atoms. The average molecular weight is 814 g/mol. The number of hydrogen-bond acceptors (Lipinski definition) is 10. The van der Waals surface area contributed by atoms with Crippen LogP contribution >= 0.6 is 0 Å². The minimum absolute atomic E-state index is 0.0613. The van der Waals surface area contributed by atoms with E-state index in [1.165, 1.54) is 30.2 Å². The quantitative estimate of drug-likeness (QED) is 0.295. The van der Waals surface area contributed by atoms with Gasteiger partial charge in [0, 0.05) is 44.7 Å². The van der Waals surface area contributed by atoms with Crippen molar-refractivity contribution in [1.29, 1.82) is 0 Å². The molecule has 0 unspecified atom stereocenters. The van der Waals surface area contributed by atoms with Gasteiger partial charge in [-0.3, -0.25) is 4.79 Å². The zero-order valence-electron chi connectivity index (χ0n) is 33.2. The van der Waals surface area contributed by atoms with Crippen molar-refractivity contribution in [2.45, 2.75) is 65.7 Å². The first-order valence-electron chi connectivity index (χ1n) is 20.3. The Morgan fingerprint density at radius 1 is 1.00 bits per heavy atom. The van der Waals surface area contributed by atoms with Crippen LogP contribution in [0.5, 0.6) is 0 Å². The van der Waals surface area contributed by atoms with Crippen molar-refractivity contribution in [1.82, 2.24) is 20.0 Å². The summed E-state index contributed by atoms with van der Waals surface area (Å²) in [6, 6.07) is 11.0. The summed E-state index contributed by atoms with van der Waals surface area (Å²) in [5, 5.41) is 2.12. The summed E-state index contributed by atoms with van der Waals surface area (Å²) in [5.74, 6) is -0.902. The van der Waals surface area contributed by atoms with Gasteiger partial charge in [-0.15, -0.1) is 0 Å². The van der Waals surface area contributed by atoms with Crippen LogP contribution in [-0.4, -0.2) is 145 Å². The molecule has 5 aliphatic rings. The molecule has 12 nitrogen and oxygen atoms in total. The predicted molar refractivity (Wildman–Crippen MR) is 212 cm³/mol. The van der Waals surface area contributed by atoms with Crippen molar-refractivity contribution < 1.29 is 41.0 Å². The number of amides is 2. The molecule has 2 aromatic rings. The van der Waals surface area contributed by atoms with Gasteiger partial charge in [0.15, 0.2) is 9.84 Å². The summed E-state index contributed by atoms with van der Waals surface area (Å²) in [6.45, 7) is 9.80. The van der Waals surface area contributed by atoms with Gasteiger partial charge < -0.3 is 39.1 Å². The number of alkyl carbamates (subject to hydrolysis) is 1. The standard InChI is InChI=1S/C42H57F2N5O7S/c1-4-39(50)48-20-21-56-25-34(24-48)57(52,53)33-12-13-38(36(44)23-33)49-27-41(28-49,55-3)26-47-18-14-30(15-19-47)42(29-46-16-7-17-46,31-8-5-9-32(43)22-31)35-10-6-11-37(35)45-40(51)54-2/h4-5,8-9,12-13,22-23,30,34-35,37H,1,6-7,10-11,14-21,24-29H2,2-3H3,(H,45,51)/t34-,35-,37-,42-/m0/s1. The van der Waals surface area contributed by atoms with Crippen LogP contribution in [-0.2, 0) is 34.3 Å². The maximum Gasteiger partial charge on any atom is 0.407 e. The van der Waals surface area contributed by atoms with E-state index < -0.39 is 32.6 Å². The lowest BCUT2D eigenvalue weighted by molar-refractivity contribution is -0.126. The molecule has 4 heterocycles. The number of anilines is 1. The summed E-state index contributed by atoms with van der Waals surface area (Å²) < 4.78 is 74.7. The highest BCUT2D eigenvalue weighted by Crippen LogP contribution is 2.52. The summed E-state index contributed by atoms with van der Waals surface area (Å²) in [5.41, 5.74) is 0.401. The Hall–Kier alpha value is -3.63. The molecule has 15 heteroatoms. The number of rotatable bonds is 13. The predicted octanol–water partition coefficient (Wildman–Crippen LogP) is 4.24. The molecule has 0 radical (unpaired) electrons. The van der Waals surface area contributed by atoms with Crippen LogP contribution in [0.1, 0.15) is 44.1 Å². The Labute approximate surface area is 335 Å². The van der Waals surface area contributed by atoms with Crippen molar-refractivity contribution in [2.24, 2.45) is 11.8 Å². The number of carbonyl (C=O) groups is 2. The summed E-state index contributed by atoms with van der Waals surface area (Å²) in [4.78, 5) is 32.8. The molecule has 5 fully saturated rings. The van der Waals surface area contributed by atoms with Gasteiger partial charge in [-0.25, -0.2) is 22.0 Å². The number of methoxy groups -OCH3 is 2. The van der Waals surface area contributed by atoms with E-state index in [2.05, 4.69) is 27.8 Å². The number of halogens is 2. The summed E-state index contributed by atoms with van der Waals surface area (Å²) >= 11 is 0. The van der Waals surface area contributed by atoms with Gasteiger partial charge in [-0.1, -0.05) is 25.1 Å². The Morgan fingerprint density at radius 3 is 2.42 bits per heavy atom. The molecule has 7 rings (SSSR count). The maximum absolute atomic E-state index is 15.7. The van der Waals surface area contributed by atoms with Gasteiger partial charge in [-0.05, 0) is 112 Å². The van der Waals surface area contributed by atoms with E-state index >= 15 is 8.78 Å². The summed E-state index contributed by atoms with van der Waals surface area (Å²) in [7, 11) is -0.931. The van der Waals surface area contributed by atoms with Crippen molar-refractivity contribution >= 4 is 27.5 Å². The fraction of sp³-hybridized carbons (Fsp3) is 0.619. The van der Waals surface area contributed by atoms with Gasteiger partial charge in [0.25, 0.3) is 0 Å². The van der Waals surface area contributed by atoms with Crippen LogP contribution in [0.4, 0.5) is 19.3 Å². The van der Waals surface area contributed by atoms with E-state index in [9.17, 15) is 18.0 Å². The monoisotopic (exact) mass is 813 g/mol. The Morgan fingerprint density at radius 2 is 1.77 bits per heavy atom. The van der Waals surface area contributed by atoms with Gasteiger partial charge in [0.05, 0.1) is 44.0 Å². The minimum atomic E-state index is -4.00. The molecule has 0 spiro atoms. The zero-order valence-corrected chi connectivity index (χ0v) is 34.0. The fourth-order valence-corrected chi connectivity index (χ4v) is 11.8. The second-order valence-corrected chi connectivity index (χ2v) is 18.8. The first-order valence-corrected chi connectivity index (χ1v) is 21.8. The highest BCUT2D eigenvalue weighted by atomic mass is 32.2. The Kier molecular flexibility index (Phi) is 12.6. The SMILES string of the molecule is C=CC(=O)N1CCOC[C@@H](S(=O)(=O)c2ccc(N3CC(CN4CCC([C@@](CN5CCC5)(c5cccc(F)c5)[C@H]5CCC[C@@H]5NC(=O)OC)CC4)(OC)C3)c(F)c2)C1. The summed E-state index contributed by atoms with van der Waals surface area (Å²) in [6.07, 6.45) is 6.42. The molecule has 4 aliphatic heterocycles. The third-order valence-electron chi connectivity index (χ3n) is 13.4. The number of piperidine rings is 1. The van der Waals surface area contributed by atoms with Crippen LogP contribution in [0.25, 0.3) is 0 Å². The minimum Gasteiger partial charge on any atom is -0.453 e. The number of carbonyl (C=O) groups excluding carboxylic acids is 2. The molecule has 1 aliphatic carbocycles. The average Bonchev–Trinajstić information content (AvgIpc) is 3.48. The van der Waals surface area contributed by atoms with E-state index in [0.29, 0.717) is 25.3 Å². The number of sulfone groups is 1. The van der Waals surface area contributed by atoms with Gasteiger partial charge in [0.2, 0.25) is 5.91 Å². The molecule has 0 aromatic heterocycles. The molecule has 2 aromatic carbocycles. The number of nitrogens with one attached hydrogen (secondary N) is 1. The molecule has 57 heavy (non-hydrogen) atoms. The first-order chi connectivity index (χ1) is 27.4. The molecule has 4 saturated heterocycles. The lowest BCUT2D eigenvalue weighted by Crippen LogP contribution is -2.68. The molecular weight excluding hydrogens is 757 g/mol. The number of nitrogens with zero attached hydrogens (tertiary/aromatic N) is 4. The number of ether oxygens (including phenoxy) is 3. The third-order valence-corrected chi connectivity index (χ3v) is 15.5. The van der Waals surface area contributed by atoms with Crippen LogP contribution < -0.4 is 10.2 Å². The van der Waals surface area contributed by atoms with E-state index in [4.69, 9.17) is 14.2 Å². The molecule has 1 saturated carbocycles. The van der Waals surface area contributed by atoms with Crippen molar-refractivity contribution in [3.8, 4) is 0 Å². The van der Waals surface area contributed by atoms with Gasteiger partial charge in [-0.2, -0.15) is 0 Å². The normalized spacial score (nSPS) is 25.8. The molecule has 2 amide bonds. The lowest BCUT2D eigenvalue weighted by Gasteiger charge is -2.55. The van der Waals surface area contributed by atoms with Gasteiger partial charge >= 0.3 is 6.09 Å². The Bertz CT molecular complexity index is 1880. The first kappa shape index (κ1) is 41.5. The molecule has 1 N–H and O–H groups in total. The van der Waals surface area contributed by atoms with Crippen molar-refractivity contribution in [3.63, 3.8) is 0 Å². The highest BCUT2D eigenvalue weighted by Gasteiger charge is 2.54. The largest absolute Gasteiger partial charge is 0.453 e. The zero-order chi connectivity index (χ0) is 40.4. The highest BCUT2D eigenvalue weighted by molar-refractivity contribution is 7.92. The molecular formula is C42H57F2N5O7S. The fourth-order valence-electron chi connectivity index (χ4n) is 10.3. The lowest BCUT2D eigenvalue weighted by atomic mass is 9.57.